The molecule has 0 amide bonds. The molecule has 0 N–H and O–H groups in total. The van der Waals surface area contributed by atoms with Crippen LogP contribution in [0.3, 0.4) is 0 Å². The van der Waals surface area contributed by atoms with Crippen LogP contribution in [-0.4, -0.2) is 23.2 Å². The molecule has 0 saturated heterocycles. The van der Waals surface area contributed by atoms with Crippen LogP contribution in [0.2, 0.25) is 0 Å². The molecule has 0 aliphatic carbocycles. The van der Waals surface area contributed by atoms with Gasteiger partial charge in [0.1, 0.15) is 6.26 Å². The van der Waals surface area contributed by atoms with E-state index in [1.807, 2.05) is 0 Å². The monoisotopic (exact) mass is 245 g/mol. The standard InChI is InChI=1S/C8H8FN3O3S/c1-2-12-7(6-3-4-15-5-6)10-11-8(12)16(9,13)14/h3-5H,2H2,1H3. The number of halogens is 1. The number of rotatable bonds is 3. The molecule has 2 aromatic heterocycles. The molecule has 0 aliphatic rings. The van der Waals surface area contributed by atoms with Gasteiger partial charge in [-0.05, 0) is 13.0 Å². The van der Waals surface area contributed by atoms with Crippen LogP contribution in [0, 0.1) is 0 Å². The average Bonchev–Trinajstić information content (AvgIpc) is 2.84. The van der Waals surface area contributed by atoms with Crippen LogP contribution in [0.5, 0.6) is 0 Å². The summed E-state index contributed by atoms with van der Waals surface area (Å²) in [6.45, 7) is 1.91. The normalized spacial score (nSPS) is 11.9. The van der Waals surface area contributed by atoms with Crippen molar-refractivity contribution in [3.63, 3.8) is 0 Å². The fraction of sp³-hybridized carbons (Fsp3) is 0.250. The van der Waals surface area contributed by atoms with Crippen LogP contribution in [0.25, 0.3) is 11.4 Å². The predicted octanol–water partition coefficient (Wildman–Crippen LogP) is 1.22. The summed E-state index contributed by atoms with van der Waals surface area (Å²) in [5.74, 6) is 0.257. The number of nitrogens with zero attached hydrogens (tertiary/aromatic N) is 3. The Kier molecular flexibility index (Phi) is 2.50. The molecule has 0 bridgehead atoms. The average molecular weight is 245 g/mol. The molecule has 86 valence electrons. The highest BCUT2D eigenvalue weighted by molar-refractivity contribution is 7.86. The SMILES string of the molecule is CCn1c(-c2ccoc2)nnc1S(=O)(=O)F. The van der Waals surface area contributed by atoms with E-state index >= 15 is 0 Å². The molecule has 0 atom stereocenters. The molecule has 0 fully saturated rings. The van der Waals surface area contributed by atoms with E-state index in [2.05, 4.69) is 10.2 Å². The molecule has 0 saturated carbocycles. The third-order valence-corrected chi connectivity index (χ3v) is 2.77. The van der Waals surface area contributed by atoms with Crippen molar-refractivity contribution >= 4 is 10.2 Å². The topological polar surface area (TPSA) is 78.0 Å². The maximum absolute atomic E-state index is 12.8. The molecule has 0 aromatic carbocycles. The maximum Gasteiger partial charge on any atom is 0.368 e. The minimum atomic E-state index is -4.86. The van der Waals surface area contributed by atoms with Gasteiger partial charge in [0.2, 0.25) is 0 Å². The Bertz CT molecular complexity index is 588. The van der Waals surface area contributed by atoms with E-state index in [1.54, 1.807) is 13.0 Å². The van der Waals surface area contributed by atoms with E-state index < -0.39 is 15.4 Å². The lowest BCUT2D eigenvalue weighted by Crippen LogP contribution is -2.06. The molecule has 0 aliphatic heterocycles. The zero-order valence-electron chi connectivity index (χ0n) is 8.29. The van der Waals surface area contributed by atoms with Crippen LogP contribution in [0.1, 0.15) is 6.92 Å². The van der Waals surface area contributed by atoms with Gasteiger partial charge >= 0.3 is 10.2 Å². The van der Waals surface area contributed by atoms with Gasteiger partial charge in [0.05, 0.1) is 11.8 Å². The summed E-state index contributed by atoms with van der Waals surface area (Å²) in [7, 11) is -4.86. The highest BCUT2D eigenvalue weighted by Crippen LogP contribution is 2.21. The van der Waals surface area contributed by atoms with Gasteiger partial charge in [-0.15, -0.1) is 10.2 Å². The van der Waals surface area contributed by atoms with Crippen molar-refractivity contribution in [2.75, 3.05) is 0 Å². The number of hydrogen-bond acceptors (Lipinski definition) is 5. The summed E-state index contributed by atoms with van der Waals surface area (Å²) in [5.41, 5.74) is 0.546. The quantitative estimate of drug-likeness (QED) is 0.759. The van der Waals surface area contributed by atoms with Gasteiger partial charge in [-0.2, -0.15) is 8.42 Å². The fourth-order valence-corrected chi connectivity index (χ4v) is 1.98. The van der Waals surface area contributed by atoms with Gasteiger partial charge in [0.15, 0.2) is 5.82 Å². The lowest BCUT2D eigenvalue weighted by atomic mass is 10.3. The number of aromatic nitrogens is 3. The van der Waals surface area contributed by atoms with E-state index in [4.69, 9.17) is 4.42 Å². The first-order valence-electron chi connectivity index (χ1n) is 4.44. The second-order valence-electron chi connectivity index (χ2n) is 3.00. The Morgan fingerprint density at radius 2 is 2.25 bits per heavy atom. The van der Waals surface area contributed by atoms with Gasteiger partial charge < -0.3 is 4.42 Å². The molecule has 0 radical (unpaired) electrons. The molecule has 2 aromatic rings. The van der Waals surface area contributed by atoms with Crippen LogP contribution in [-0.2, 0) is 16.8 Å². The lowest BCUT2D eigenvalue weighted by Gasteiger charge is -2.02. The highest BCUT2D eigenvalue weighted by Gasteiger charge is 2.24. The van der Waals surface area contributed by atoms with E-state index in [-0.39, 0.29) is 12.4 Å². The highest BCUT2D eigenvalue weighted by atomic mass is 32.3. The smallest absolute Gasteiger partial charge is 0.368 e. The van der Waals surface area contributed by atoms with Gasteiger partial charge in [-0.1, -0.05) is 3.89 Å². The van der Waals surface area contributed by atoms with Crippen molar-refractivity contribution in [3.05, 3.63) is 18.6 Å². The van der Waals surface area contributed by atoms with Gasteiger partial charge in [0.25, 0.3) is 5.16 Å². The summed E-state index contributed by atoms with van der Waals surface area (Å²) >= 11 is 0. The Balaban J connectivity index is 2.63. The number of hydrogen-bond donors (Lipinski definition) is 0. The molecular formula is C8H8FN3O3S. The van der Waals surface area contributed by atoms with Crippen LogP contribution >= 0.6 is 0 Å². The predicted molar refractivity (Wildman–Crippen MR) is 51.7 cm³/mol. The van der Waals surface area contributed by atoms with E-state index in [0.717, 1.165) is 0 Å². The largest absolute Gasteiger partial charge is 0.472 e. The maximum atomic E-state index is 12.8. The molecule has 16 heavy (non-hydrogen) atoms. The zero-order chi connectivity index (χ0) is 11.8. The van der Waals surface area contributed by atoms with Crippen LogP contribution in [0.4, 0.5) is 3.89 Å². The van der Waals surface area contributed by atoms with Crippen LogP contribution < -0.4 is 0 Å². The summed E-state index contributed by atoms with van der Waals surface area (Å²) in [4.78, 5) is 0. The summed E-state index contributed by atoms with van der Waals surface area (Å²) in [6, 6.07) is 1.59. The van der Waals surface area contributed by atoms with Crippen molar-refractivity contribution in [1.82, 2.24) is 14.8 Å². The fourth-order valence-electron chi connectivity index (χ4n) is 1.36. The van der Waals surface area contributed by atoms with Gasteiger partial charge in [-0.25, -0.2) is 0 Å². The van der Waals surface area contributed by atoms with Crippen molar-refractivity contribution in [2.24, 2.45) is 0 Å². The minimum Gasteiger partial charge on any atom is -0.472 e. The van der Waals surface area contributed by atoms with Gasteiger partial charge in [-0.3, -0.25) is 4.57 Å². The molecule has 0 unspecified atom stereocenters. The second-order valence-corrected chi connectivity index (χ2v) is 4.24. The Morgan fingerprint density at radius 1 is 1.50 bits per heavy atom. The molecule has 2 heterocycles. The zero-order valence-corrected chi connectivity index (χ0v) is 9.11. The Labute approximate surface area is 90.9 Å². The molecule has 8 heteroatoms. The van der Waals surface area contributed by atoms with Crippen molar-refractivity contribution in [3.8, 4) is 11.4 Å². The molecular weight excluding hydrogens is 237 g/mol. The third-order valence-electron chi connectivity index (χ3n) is 2.03. The van der Waals surface area contributed by atoms with Crippen LogP contribution in [0.15, 0.2) is 28.2 Å². The Morgan fingerprint density at radius 3 is 2.75 bits per heavy atom. The van der Waals surface area contributed by atoms with Crippen molar-refractivity contribution < 1.29 is 16.7 Å². The molecule has 6 nitrogen and oxygen atoms in total. The third kappa shape index (κ3) is 1.71. The van der Waals surface area contributed by atoms with E-state index in [9.17, 15) is 12.3 Å². The summed E-state index contributed by atoms with van der Waals surface area (Å²) in [5, 5.41) is 6.26. The second kappa shape index (κ2) is 3.71. The first-order valence-corrected chi connectivity index (χ1v) is 5.83. The summed E-state index contributed by atoms with van der Waals surface area (Å²) < 4.78 is 40.4. The van der Waals surface area contributed by atoms with E-state index in [0.29, 0.717) is 5.56 Å². The Hall–Kier alpha value is -1.70. The molecule has 2 rings (SSSR count). The van der Waals surface area contributed by atoms with E-state index in [1.165, 1.54) is 17.1 Å². The number of furan rings is 1. The minimum absolute atomic E-state index is 0.242. The van der Waals surface area contributed by atoms with Crippen molar-refractivity contribution in [1.29, 1.82) is 0 Å². The molecule has 0 spiro atoms. The van der Waals surface area contributed by atoms with Crippen molar-refractivity contribution in [2.45, 2.75) is 18.6 Å². The summed E-state index contributed by atoms with van der Waals surface area (Å²) in [6.07, 6.45) is 2.79. The first-order chi connectivity index (χ1) is 7.54. The lowest BCUT2D eigenvalue weighted by molar-refractivity contribution is 0.526. The first kappa shape index (κ1) is 10.8. The van der Waals surface area contributed by atoms with Gasteiger partial charge in [0, 0.05) is 6.54 Å².